The molecule has 2 unspecified atom stereocenters. The van der Waals surface area contributed by atoms with Gasteiger partial charge in [-0.15, -0.1) is 0 Å². The van der Waals surface area contributed by atoms with E-state index in [0.717, 1.165) is 5.92 Å². The summed E-state index contributed by atoms with van der Waals surface area (Å²) in [4.78, 5) is 0. The van der Waals surface area contributed by atoms with Crippen LogP contribution in [0.5, 0.6) is 0 Å². The van der Waals surface area contributed by atoms with Crippen LogP contribution in [0.1, 0.15) is 18.9 Å². The van der Waals surface area contributed by atoms with Crippen molar-refractivity contribution in [1.82, 2.24) is 0 Å². The van der Waals surface area contributed by atoms with Gasteiger partial charge in [0.05, 0.1) is 0 Å². The number of benzene rings is 1. The standard InChI is InChI=1S/C14H14/c1-11-7-8-14(10-13(14)9-11)12-5-3-2-4-6-12/h2-9,13H,10H2,1H3. The molecule has 0 nitrogen and oxygen atoms in total. The Labute approximate surface area is 85.0 Å². The summed E-state index contributed by atoms with van der Waals surface area (Å²) in [6.07, 6.45) is 8.36. The highest BCUT2D eigenvalue weighted by Crippen LogP contribution is 2.58. The highest BCUT2D eigenvalue weighted by molar-refractivity contribution is 5.47. The third-order valence-corrected chi connectivity index (χ3v) is 3.48. The van der Waals surface area contributed by atoms with Crippen molar-refractivity contribution in [3.05, 3.63) is 59.7 Å². The zero-order valence-electron chi connectivity index (χ0n) is 8.40. The van der Waals surface area contributed by atoms with E-state index in [1.165, 1.54) is 17.6 Å². The Kier molecular flexibility index (Phi) is 1.49. The minimum absolute atomic E-state index is 0.362. The second kappa shape index (κ2) is 2.60. The van der Waals surface area contributed by atoms with Gasteiger partial charge in [-0.3, -0.25) is 0 Å². The first-order valence-corrected chi connectivity index (χ1v) is 5.24. The molecule has 2 aliphatic rings. The zero-order valence-corrected chi connectivity index (χ0v) is 8.40. The SMILES string of the molecule is CC1=CC2CC2(c2ccccc2)C=C1. The average molecular weight is 182 g/mol. The molecule has 0 spiro atoms. The van der Waals surface area contributed by atoms with Gasteiger partial charge in [0.2, 0.25) is 0 Å². The van der Waals surface area contributed by atoms with Gasteiger partial charge in [-0.2, -0.15) is 0 Å². The molecule has 1 fully saturated rings. The Morgan fingerprint density at radius 1 is 1.21 bits per heavy atom. The Morgan fingerprint density at radius 2 is 2.00 bits per heavy atom. The van der Waals surface area contributed by atoms with Crippen LogP contribution < -0.4 is 0 Å². The topological polar surface area (TPSA) is 0 Å². The average Bonchev–Trinajstić information content (AvgIpc) is 2.94. The van der Waals surface area contributed by atoms with Gasteiger partial charge in [-0.1, -0.05) is 54.1 Å². The van der Waals surface area contributed by atoms with Crippen molar-refractivity contribution in [2.75, 3.05) is 0 Å². The van der Waals surface area contributed by atoms with Gasteiger partial charge >= 0.3 is 0 Å². The molecule has 0 N–H and O–H groups in total. The van der Waals surface area contributed by atoms with Crippen LogP contribution in [-0.4, -0.2) is 0 Å². The van der Waals surface area contributed by atoms with Gasteiger partial charge in [-0.05, 0) is 24.8 Å². The number of hydrogen-bond acceptors (Lipinski definition) is 0. The summed E-state index contributed by atoms with van der Waals surface area (Å²) in [5, 5.41) is 0. The van der Waals surface area contributed by atoms with Crippen LogP contribution in [0.4, 0.5) is 0 Å². The Morgan fingerprint density at radius 3 is 2.71 bits per heavy atom. The largest absolute Gasteiger partial charge is 0.0772 e. The van der Waals surface area contributed by atoms with Crippen molar-refractivity contribution < 1.29 is 0 Å². The van der Waals surface area contributed by atoms with Crippen LogP contribution in [-0.2, 0) is 5.41 Å². The van der Waals surface area contributed by atoms with E-state index in [2.05, 4.69) is 55.5 Å². The summed E-state index contributed by atoms with van der Waals surface area (Å²) < 4.78 is 0. The lowest BCUT2D eigenvalue weighted by Gasteiger charge is -2.15. The molecule has 0 bridgehead atoms. The molecule has 1 saturated carbocycles. The van der Waals surface area contributed by atoms with E-state index in [1.54, 1.807) is 0 Å². The van der Waals surface area contributed by atoms with Crippen LogP contribution in [0.3, 0.4) is 0 Å². The smallest absolute Gasteiger partial charge is 0.0204 e. The monoisotopic (exact) mass is 182 g/mol. The fourth-order valence-corrected chi connectivity index (χ4v) is 2.53. The molecule has 0 aliphatic heterocycles. The van der Waals surface area contributed by atoms with Gasteiger partial charge in [0.25, 0.3) is 0 Å². The number of allylic oxidation sites excluding steroid dienone is 4. The van der Waals surface area contributed by atoms with Gasteiger partial charge in [-0.25, -0.2) is 0 Å². The first-order valence-electron chi connectivity index (χ1n) is 5.24. The number of hydrogen-bond donors (Lipinski definition) is 0. The summed E-state index contributed by atoms with van der Waals surface area (Å²) in [5.41, 5.74) is 3.25. The van der Waals surface area contributed by atoms with Crippen molar-refractivity contribution in [3.8, 4) is 0 Å². The summed E-state index contributed by atoms with van der Waals surface area (Å²) in [5.74, 6) is 0.759. The molecule has 0 heterocycles. The molecule has 0 heteroatoms. The predicted molar refractivity (Wildman–Crippen MR) is 59.1 cm³/mol. The molecule has 2 atom stereocenters. The van der Waals surface area contributed by atoms with Crippen molar-refractivity contribution in [2.24, 2.45) is 5.92 Å². The van der Waals surface area contributed by atoms with Crippen LogP contribution in [0.15, 0.2) is 54.1 Å². The van der Waals surface area contributed by atoms with E-state index in [9.17, 15) is 0 Å². The maximum atomic E-state index is 2.41. The van der Waals surface area contributed by atoms with Gasteiger partial charge < -0.3 is 0 Å². The quantitative estimate of drug-likeness (QED) is 0.624. The highest BCUT2D eigenvalue weighted by atomic mass is 14.6. The van der Waals surface area contributed by atoms with Crippen LogP contribution in [0, 0.1) is 5.92 Å². The lowest BCUT2D eigenvalue weighted by molar-refractivity contribution is 0.810. The molecule has 1 aromatic carbocycles. The summed E-state index contributed by atoms with van der Waals surface area (Å²) >= 11 is 0. The Balaban J connectivity index is 2.01. The molecule has 0 aromatic heterocycles. The van der Waals surface area contributed by atoms with Gasteiger partial charge in [0.15, 0.2) is 0 Å². The van der Waals surface area contributed by atoms with E-state index in [0.29, 0.717) is 5.41 Å². The van der Waals surface area contributed by atoms with Crippen molar-refractivity contribution in [2.45, 2.75) is 18.8 Å². The molecule has 0 saturated heterocycles. The lowest BCUT2D eigenvalue weighted by atomic mass is 9.89. The van der Waals surface area contributed by atoms with E-state index in [-0.39, 0.29) is 0 Å². The molecule has 2 aliphatic carbocycles. The predicted octanol–water partition coefficient (Wildman–Crippen LogP) is 3.46. The van der Waals surface area contributed by atoms with Crippen molar-refractivity contribution in [3.63, 3.8) is 0 Å². The lowest BCUT2D eigenvalue weighted by Crippen LogP contribution is -2.07. The third-order valence-electron chi connectivity index (χ3n) is 3.48. The first kappa shape index (κ1) is 8.05. The summed E-state index contributed by atoms with van der Waals surface area (Å²) in [7, 11) is 0. The molecule has 3 rings (SSSR count). The van der Waals surface area contributed by atoms with Crippen molar-refractivity contribution in [1.29, 1.82) is 0 Å². The normalized spacial score (nSPS) is 33.5. The maximum absolute atomic E-state index is 2.41. The van der Waals surface area contributed by atoms with E-state index in [1.807, 2.05) is 0 Å². The fourth-order valence-electron chi connectivity index (χ4n) is 2.53. The maximum Gasteiger partial charge on any atom is 0.0204 e. The third kappa shape index (κ3) is 1.00. The second-order valence-electron chi connectivity index (χ2n) is 4.46. The minimum Gasteiger partial charge on any atom is -0.0772 e. The molecule has 14 heavy (non-hydrogen) atoms. The summed E-state index contributed by atoms with van der Waals surface area (Å²) in [6.45, 7) is 2.18. The molecular weight excluding hydrogens is 168 g/mol. The summed E-state index contributed by atoms with van der Waals surface area (Å²) in [6, 6.07) is 10.9. The number of fused-ring (bicyclic) bond motifs is 1. The second-order valence-corrected chi connectivity index (χ2v) is 4.46. The fraction of sp³-hybridized carbons (Fsp3) is 0.286. The first-order chi connectivity index (χ1) is 6.81. The molecular formula is C14H14. The van der Waals surface area contributed by atoms with Crippen LogP contribution in [0.25, 0.3) is 0 Å². The minimum atomic E-state index is 0.362. The zero-order chi connectivity index (χ0) is 9.60. The highest BCUT2D eigenvalue weighted by Gasteiger charge is 2.52. The van der Waals surface area contributed by atoms with Crippen LogP contribution >= 0.6 is 0 Å². The van der Waals surface area contributed by atoms with Gasteiger partial charge in [0, 0.05) is 5.41 Å². The van der Waals surface area contributed by atoms with Crippen LogP contribution in [0.2, 0.25) is 0 Å². The molecule has 1 aromatic rings. The number of rotatable bonds is 1. The Bertz CT molecular complexity index is 411. The van der Waals surface area contributed by atoms with E-state index < -0.39 is 0 Å². The van der Waals surface area contributed by atoms with E-state index in [4.69, 9.17) is 0 Å². The Hall–Kier alpha value is -1.30. The van der Waals surface area contributed by atoms with E-state index >= 15 is 0 Å². The molecule has 70 valence electrons. The van der Waals surface area contributed by atoms with Gasteiger partial charge in [0.1, 0.15) is 0 Å². The van der Waals surface area contributed by atoms with Crippen molar-refractivity contribution >= 4 is 0 Å². The molecule has 0 radical (unpaired) electrons. The molecule has 0 amide bonds.